The molecule has 0 aliphatic carbocycles. The molecule has 0 bridgehead atoms. The monoisotopic (exact) mass is 258 g/mol. The molecule has 0 spiro atoms. The van der Waals surface area contributed by atoms with Gasteiger partial charge in [-0.25, -0.2) is 0 Å². The van der Waals surface area contributed by atoms with Crippen molar-refractivity contribution in [1.82, 2.24) is 0 Å². The first-order valence-electron chi connectivity index (χ1n) is 5.64. The highest BCUT2D eigenvalue weighted by molar-refractivity contribution is 7.55. The van der Waals surface area contributed by atoms with Gasteiger partial charge in [0, 0.05) is 0 Å². The van der Waals surface area contributed by atoms with E-state index in [1.807, 2.05) is 12.1 Å². The van der Waals surface area contributed by atoms with Crippen molar-refractivity contribution in [3.63, 3.8) is 0 Å². The van der Waals surface area contributed by atoms with Crippen molar-refractivity contribution >= 4 is 7.60 Å². The molecule has 0 aliphatic heterocycles. The normalized spacial score (nSPS) is 15.0. The van der Waals surface area contributed by atoms with E-state index in [0.29, 0.717) is 6.42 Å². The van der Waals surface area contributed by atoms with Crippen molar-refractivity contribution in [2.24, 2.45) is 5.92 Å². The van der Waals surface area contributed by atoms with E-state index in [1.54, 1.807) is 27.7 Å². The SMILES string of the molecule is CCOP(=O)(OCC)[C@](C)(CC)C(C#N)C#N. The summed E-state index contributed by atoms with van der Waals surface area (Å²) >= 11 is 0. The van der Waals surface area contributed by atoms with Crippen molar-refractivity contribution in [1.29, 1.82) is 10.5 Å². The van der Waals surface area contributed by atoms with E-state index in [2.05, 4.69) is 0 Å². The highest BCUT2D eigenvalue weighted by atomic mass is 31.2. The molecule has 0 heterocycles. The van der Waals surface area contributed by atoms with Crippen molar-refractivity contribution in [2.45, 2.75) is 39.3 Å². The van der Waals surface area contributed by atoms with Crippen LogP contribution in [-0.2, 0) is 13.6 Å². The molecule has 0 rings (SSSR count). The molecule has 96 valence electrons. The minimum atomic E-state index is -3.48. The smallest absolute Gasteiger partial charge is 0.308 e. The zero-order valence-corrected chi connectivity index (χ0v) is 11.7. The zero-order valence-electron chi connectivity index (χ0n) is 10.8. The standard InChI is InChI=1S/C11H19N2O3P/c1-5-11(4,10(8-12)9-13)17(14,15-6-2)16-7-3/h10H,5-7H2,1-4H3/t11-/m1/s1. The summed E-state index contributed by atoms with van der Waals surface area (Å²) in [7, 11) is -3.48. The van der Waals surface area contributed by atoms with Gasteiger partial charge in [0.1, 0.15) is 5.92 Å². The topological polar surface area (TPSA) is 83.1 Å². The fourth-order valence-electron chi connectivity index (χ4n) is 1.53. The number of nitrogens with zero attached hydrogens (tertiary/aromatic N) is 2. The van der Waals surface area contributed by atoms with E-state index >= 15 is 0 Å². The molecule has 0 N–H and O–H groups in total. The maximum atomic E-state index is 12.7. The first kappa shape index (κ1) is 16.1. The van der Waals surface area contributed by atoms with Crippen molar-refractivity contribution < 1.29 is 13.6 Å². The Hall–Kier alpha value is -0.870. The van der Waals surface area contributed by atoms with Crippen LogP contribution in [0.15, 0.2) is 0 Å². The number of hydrogen-bond acceptors (Lipinski definition) is 5. The molecular formula is C11H19N2O3P. The Morgan fingerprint density at radius 3 is 1.82 bits per heavy atom. The molecule has 17 heavy (non-hydrogen) atoms. The average Bonchev–Trinajstić information content (AvgIpc) is 2.30. The Bertz CT molecular complexity index is 348. The van der Waals surface area contributed by atoms with Gasteiger partial charge in [0.25, 0.3) is 0 Å². The van der Waals surface area contributed by atoms with Crippen LogP contribution >= 0.6 is 7.60 Å². The van der Waals surface area contributed by atoms with Gasteiger partial charge in [0.05, 0.1) is 30.5 Å². The number of rotatable bonds is 7. The Kier molecular flexibility index (Phi) is 6.42. The summed E-state index contributed by atoms with van der Waals surface area (Å²) in [6.07, 6.45) is 0.371. The first-order valence-corrected chi connectivity index (χ1v) is 7.18. The quantitative estimate of drug-likeness (QED) is 0.655. The van der Waals surface area contributed by atoms with Crippen LogP contribution in [0.25, 0.3) is 0 Å². The molecule has 0 saturated carbocycles. The second kappa shape index (κ2) is 6.77. The maximum absolute atomic E-state index is 12.7. The van der Waals surface area contributed by atoms with Gasteiger partial charge in [-0.2, -0.15) is 10.5 Å². The molecular weight excluding hydrogens is 239 g/mol. The molecule has 1 atom stereocenters. The lowest BCUT2D eigenvalue weighted by Gasteiger charge is -2.35. The lowest BCUT2D eigenvalue weighted by Crippen LogP contribution is -2.34. The second-order valence-corrected chi connectivity index (χ2v) is 6.27. The largest absolute Gasteiger partial charge is 0.338 e. The van der Waals surface area contributed by atoms with Gasteiger partial charge in [-0.1, -0.05) is 6.92 Å². The number of nitriles is 2. The lowest BCUT2D eigenvalue weighted by molar-refractivity contribution is 0.191. The maximum Gasteiger partial charge on any atom is 0.338 e. The average molecular weight is 258 g/mol. The third-order valence-corrected chi connectivity index (χ3v) is 5.84. The van der Waals surface area contributed by atoms with E-state index in [9.17, 15) is 4.57 Å². The van der Waals surface area contributed by atoms with E-state index in [1.165, 1.54) is 0 Å². The molecule has 0 unspecified atom stereocenters. The summed E-state index contributed by atoms with van der Waals surface area (Å²) in [5.41, 5.74) is 0. The van der Waals surface area contributed by atoms with Gasteiger partial charge in [-0.05, 0) is 27.2 Å². The summed E-state index contributed by atoms with van der Waals surface area (Å²) in [5.74, 6) is -1.02. The van der Waals surface area contributed by atoms with E-state index in [-0.39, 0.29) is 13.2 Å². The Morgan fingerprint density at radius 2 is 1.59 bits per heavy atom. The van der Waals surface area contributed by atoms with Crippen LogP contribution in [0.3, 0.4) is 0 Å². The lowest BCUT2D eigenvalue weighted by atomic mass is 9.93. The van der Waals surface area contributed by atoms with Crippen molar-refractivity contribution in [3.8, 4) is 12.1 Å². The first-order chi connectivity index (χ1) is 7.95. The Morgan fingerprint density at radius 1 is 1.18 bits per heavy atom. The molecule has 0 aliphatic rings. The summed E-state index contributed by atoms with van der Waals surface area (Å²) in [5, 5.41) is 16.9. The van der Waals surface area contributed by atoms with Crippen LogP contribution in [0.2, 0.25) is 0 Å². The van der Waals surface area contributed by atoms with Gasteiger partial charge >= 0.3 is 7.60 Å². The summed E-state index contributed by atoms with van der Waals surface area (Å²) in [4.78, 5) is 0. The highest BCUT2D eigenvalue weighted by Crippen LogP contribution is 2.64. The van der Waals surface area contributed by atoms with Crippen LogP contribution in [0, 0.1) is 28.6 Å². The van der Waals surface area contributed by atoms with Gasteiger partial charge in [0.15, 0.2) is 0 Å². The van der Waals surface area contributed by atoms with Crippen LogP contribution in [0.5, 0.6) is 0 Å². The summed E-state index contributed by atoms with van der Waals surface area (Å²) in [6.45, 7) is 7.22. The van der Waals surface area contributed by atoms with Crippen LogP contribution in [0.1, 0.15) is 34.1 Å². The van der Waals surface area contributed by atoms with Crippen molar-refractivity contribution in [2.75, 3.05) is 13.2 Å². The zero-order chi connectivity index (χ0) is 13.5. The van der Waals surface area contributed by atoms with E-state index in [0.717, 1.165) is 0 Å². The predicted molar refractivity (Wildman–Crippen MR) is 64.3 cm³/mol. The minimum absolute atomic E-state index is 0.219. The summed E-state index contributed by atoms with van der Waals surface area (Å²) in [6, 6.07) is 3.74. The number of hydrogen-bond donors (Lipinski definition) is 0. The molecule has 0 radical (unpaired) electrons. The Labute approximate surface area is 103 Å². The van der Waals surface area contributed by atoms with Crippen LogP contribution < -0.4 is 0 Å². The predicted octanol–water partition coefficient (Wildman–Crippen LogP) is 3.08. The molecule has 6 heteroatoms. The van der Waals surface area contributed by atoms with Gasteiger partial charge in [0.2, 0.25) is 0 Å². The molecule has 0 fully saturated rings. The summed E-state index contributed by atoms with van der Waals surface area (Å²) < 4.78 is 23.2. The Balaban J connectivity index is 5.52. The van der Waals surface area contributed by atoms with Gasteiger partial charge in [-0.3, -0.25) is 4.57 Å². The fraction of sp³-hybridized carbons (Fsp3) is 0.818. The van der Waals surface area contributed by atoms with E-state index in [4.69, 9.17) is 19.6 Å². The minimum Gasteiger partial charge on any atom is -0.308 e. The van der Waals surface area contributed by atoms with Gasteiger partial charge < -0.3 is 9.05 Å². The fourth-order valence-corrected chi connectivity index (χ4v) is 3.70. The molecule has 5 nitrogen and oxygen atoms in total. The highest BCUT2D eigenvalue weighted by Gasteiger charge is 2.52. The molecule has 0 aromatic rings. The third kappa shape index (κ3) is 3.07. The molecule has 0 saturated heterocycles. The second-order valence-electron chi connectivity index (χ2n) is 3.73. The van der Waals surface area contributed by atoms with Crippen molar-refractivity contribution in [3.05, 3.63) is 0 Å². The molecule has 0 amide bonds. The molecule has 0 aromatic carbocycles. The molecule has 0 aromatic heterocycles. The van der Waals surface area contributed by atoms with Crippen LogP contribution in [-0.4, -0.2) is 18.4 Å². The van der Waals surface area contributed by atoms with Gasteiger partial charge in [-0.15, -0.1) is 0 Å². The van der Waals surface area contributed by atoms with Crippen LogP contribution in [0.4, 0.5) is 0 Å². The van der Waals surface area contributed by atoms with E-state index < -0.39 is 18.7 Å². The third-order valence-electron chi connectivity index (χ3n) is 2.82.